The maximum Gasteiger partial charge on any atom is 0.269 e. The Kier molecular flexibility index (Phi) is 2.01. The molecule has 4 heteroatoms. The van der Waals surface area contributed by atoms with Crippen LogP contribution in [0.3, 0.4) is 0 Å². The van der Waals surface area contributed by atoms with E-state index in [-0.39, 0.29) is 0 Å². The minimum atomic E-state index is -2.36. The van der Waals surface area contributed by atoms with Crippen molar-refractivity contribution in [1.29, 1.82) is 0 Å². The van der Waals surface area contributed by atoms with Crippen LogP contribution in [0.1, 0.15) is 11.1 Å². The number of fused-ring (bicyclic) bond motifs is 1. The first-order chi connectivity index (χ1) is 7.03. The summed E-state index contributed by atoms with van der Waals surface area (Å²) in [6.07, 6.45) is 2.56. The topological polar surface area (TPSA) is 69.6 Å². The Morgan fingerprint density at radius 2 is 2.27 bits per heavy atom. The van der Waals surface area contributed by atoms with Gasteiger partial charge in [0.05, 0.1) is 0 Å². The normalized spacial score (nSPS) is 23.1. The zero-order valence-electron chi connectivity index (χ0n) is 8.06. The highest BCUT2D eigenvalue weighted by atomic mass is 16.6. The van der Waals surface area contributed by atoms with Crippen LogP contribution in [0.2, 0.25) is 0 Å². The van der Waals surface area contributed by atoms with Gasteiger partial charge in [0.1, 0.15) is 11.7 Å². The molecule has 0 spiro atoms. The SMILES string of the molecule is Cc1cccc2c1OC(O)(C(=O)[O-])C=C2. The molecule has 15 heavy (non-hydrogen) atoms. The van der Waals surface area contributed by atoms with Crippen molar-refractivity contribution in [3.63, 3.8) is 0 Å². The van der Waals surface area contributed by atoms with E-state index < -0.39 is 11.8 Å². The average Bonchev–Trinajstić information content (AvgIpc) is 2.19. The summed E-state index contributed by atoms with van der Waals surface area (Å²) in [6, 6.07) is 5.37. The van der Waals surface area contributed by atoms with Crippen molar-refractivity contribution in [2.45, 2.75) is 12.7 Å². The van der Waals surface area contributed by atoms with Gasteiger partial charge in [-0.15, -0.1) is 0 Å². The molecule has 4 nitrogen and oxygen atoms in total. The molecule has 1 atom stereocenters. The lowest BCUT2D eigenvalue weighted by atomic mass is 10.0. The van der Waals surface area contributed by atoms with Gasteiger partial charge in [0.25, 0.3) is 5.79 Å². The molecule has 0 aliphatic carbocycles. The van der Waals surface area contributed by atoms with Gasteiger partial charge in [0.2, 0.25) is 0 Å². The zero-order chi connectivity index (χ0) is 11.1. The number of carboxylic acids is 1. The van der Waals surface area contributed by atoms with Gasteiger partial charge in [0.15, 0.2) is 0 Å². The first-order valence-electron chi connectivity index (χ1n) is 4.44. The van der Waals surface area contributed by atoms with Crippen molar-refractivity contribution >= 4 is 12.0 Å². The molecule has 1 unspecified atom stereocenters. The predicted octanol–water partition coefficient (Wildman–Crippen LogP) is -0.161. The quantitative estimate of drug-likeness (QED) is 0.691. The number of aryl methyl sites for hydroxylation is 1. The van der Waals surface area contributed by atoms with E-state index in [1.54, 1.807) is 19.1 Å². The fourth-order valence-corrected chi connectivity index (χ4v) is 1.45. The Morgan fingerprint density at radius 3 is 2.93 bits per heavy atom. The van der Waals surface area contributed by atoms with Gasteiger partial charge in [-0.3, -0.25) is 0 Å². The van der Waals surface area contributed by atoms with E-state index in [9.17, 15) is 15.0 Å². The summed E-state index contributed by atoms with van der Waals surface area (Å²) >= 11 is 0. The Hall–Kier alpha value is -1.81. The van der Waals surface area contributed by atoms with Gasteiger partial charge in [-0.1, -0.05) is 18.2 Å². The molecule has 1 heterocycles. The first-order valence-corrected chi connectivity index (χ1v) is 4.44. The average molecular weight is 205 g/mol. The molecule has 0 bridgehead atoms. The van der Waals surface area contributed by atoms with Gasteiger partial charge >= 0.3 is 0 Å². The largest absolute Gasteiger partial charge is 0.543 e. The van der Waals surface area contributed by atoms with E-state index in [0.717, 1.165) is 17.2 Å². The molecule has 0 fully saturated rings. The van der Waals surface area contributed by atoms with Crippen LogP contribution in [-0.2, 0) is 4.79 Å². The number of rotatable bonds is 1. The number of aliphatic hydroxyl groups is 1. The molecule has 0 saturated carbocycles. The van der Waals surface area contributed by atoms with Crippen molar-refractivity contribution in [3.05, 3.63) is 35.4 Å². The molecule has 1 aromatic carbocycles. The van der Waals surface area contributed by atoms with Crippen molar-refractivity contribution in [1.82, 2.24) is 0 Å². The summed E-state index contributed by atoms with van der Waals surface area (Å²) in [6.45, 7) is 1.77. The van der Waals surface area contributed by atoms with Crippen molar-refractivity contribution in [2.24, 2.45) is 0 Å². The van der Waals surface area contributed by atoms with Crippen LogP contribution in [0.5, 0.6) is 5.75 Å². The summed E-state index contributed by atoms with van der Waals surface area (Å²) in [5.74, 6) is -3.67. The fraction of sp³-hybridized carbons (Fsp3) is 0.182. The predicted molar refractivity (Wildman–Crippen MR) is 50.8 cm³/mol. The number of carbonyl (C=O) groups is 1. The number of benzene rings is 1. The third-order valence-corrected chi connectivity index (χ3v) is 2.28. The summed E-state index contributed by atoms with van der Waals surface area (Å²) in [7, 11) is 0. The minimum absolute atomic E-state index is 0.367. The Bertz CT molecular complexity index is 450. The van der Waals surface area contributed by atoms with Gasteiger partial charge in [-0.2, -0.15) is 0 Å². The highest BCUT2D eigenvalue weighted by Gasteiger charge is 2.32. The molecule has 0 saturated heterocycles. The molecule has 78 valence electrons. The fourth-order valence-electron chi connectivity index (χ4n) is 1.45. The van der Waals surface area contributed by atoms with Crippen molar-refractivity contribution in [2.75, 3.05) is 0 Å². The van der Waals surface area contributed by atoms with Crippen LogP contribution >= 0.6 is 0 Å². The lowest BCUT2D eigenvalue weighted by Crippen LogP contribution is -2.52. The molecule has 0 amide bonds. The molecular weight excluding hydrogens is 196 g/mol. The van der Waals surface area contributed by atoms with Crippen LogP contribution in [0.25, 0.3) is 6.08 Å². The molecule has 1 aromatic rings. The van der Waals surface area contributed by atoms with Crippen molar-refractivity contribution < 1.29 is 19.7 Å². The summed E-state index contributed by atoms with van der Waals surface area (Å²) in [5.41, 5.74) is 1.50. The zero-order valence-corrected chi connectivity index (χ0v) is 8.06. The number of para-hydroxylation sites is 1. The van der Waals surface area contributed by atoms with Crippen LogP contribution < -0.4 is 9.84 Å². The lowest BCUT2D eigenvalue weighted by Gasteiger charge is -2.31. The molecular formula is C11H9O4-. The minimum Gasteiger partial charge on any atom is -0.543 e. The van der Waals surface area contributed by atoms with Gasteiger partial charge in [-0.05, 0) is 24.6 Å². The second-order valence-electron chi connectivity index (χ2n) is 3.41. The van der Waals surface area contributed by atoms with E-state index in [1.165, 1.54) is 6.08 Å². The maximum atomic E-state index is 10.7. The lowest BCUT2D eigenvalue weighted by molar-refractivity contribution is -0.335. The van der Waals surface area contributed by atoms with E-state index >= 15 is 0 Å². The third-order valence-electron chi connectivity index (χ3n) is 2.28. The second-order valence-corrected chi connectivity index (χ2v) is 3.41. The van der Waals surface area contributed by atoms with Crippen LogP contribution in [0.15, 0.2) is 24.3 Å². The number of carboxylic acid groups (broad SMARTS) is 1. The second kappa shape index (κ2) is 3.10. The van der Waals surface area contributed by atoms with Crippen molar-refractivity contribution in [3.8, 4) is 5.75 Å². The van der Waals surface area contributed by atoms with Gasteiger partial charge in [-0.25, -0.2) is 0 Å². The number of hydrogen-bond acceptors (Lipinski definition) is 4. The molecule has 0 radical (unpaired) electrons. The van der Waals surface area contributed by atoms with E-state index in [1.807, 2.05) is 6.07 Å². The van der Waals surface area contributed by atoms with Crippen LogP contribution in [-0.4, -0.2) is 16.9 Å². The monoisotopic (exact) mass is 205 g/mol. The Labute approximate surface area is 86.4 Å². The van der Waals surface area contributed by atoms with Gasteiger partial charge < -0.3 is 19.7 Å². The molecule has 2 rings (SSSR count). The van der Waals surface area contributed by atoms with E-state index in [2.05, 4.69) is 0 Å². The van der Waals surface area contributed by atoms with Crippen LogP contribution in [0, 0.1) is 6.92 Å². The molecule has 1 N–H and O–H groups in total. The smallest absolute Gasteiger partial charge is 0.269 e. The third kappa shape index (κ3) is 1.49. The number of hydrogen-bond donors (Lipinski definition) is 1. The summed E-state index contributed by atoms with van der Waals surface area (Å²) in [4.78, 5) is 10.7. The molecule has 1 aliphatic heterocycles. The Morgan fingerprint density at radius 1 is 1.53 bits per heavy atom. The van der Waals surface area contributed by atoms with E-state index in [0.29, 0.717) is 5.75 Å². The first kappa shape index (κ1) is 9.73. The highest BCUT2D eigenvalue weighted by Crippen LogP contribution is 2.32. The Balaban J connectivity index is 2.50. The molecule has 0 aromatic heterocycles. The van der Waals surface area contributed by atoms with Crippen LogP contribution in [0.4, 0.5) is 0 Å². The number of aliphatic carboxylic acids is 1. The number of ether oxygens (including phenoxy) is 1. The summed E-state index contributed by atoms with van der Waals surface area (Å²) < 4.78 is 5.02. The van der Waals surface area contributed by atoms with E-state index in [4.69, 9.17) is 4.74 Å². The summed E-state index contributed by atoms with van der Waals surface area (Å²) in [5, 5.41) is 20.2. The highest BCUT2D eigenvalue weighted by molar-refractivity contribution is 5.80. The number of carbonyl (C=O) groups excluding carboxylic acids is 1. The van der Waals surface area contributed by atoms with Gasteiger partial charge in [0, 0.05) is 5.56 Å². The standard InChI is InChI=1S/C11H10O4/c1-7-3-2-4-8-5-6-11(14,10(12)13)15-9(7)8/h2-6,14H,1H3,(H,12,13)/p-1. The molecule has 1 aliphatic rings. The maximum absolute atomic E-state index is 10.7.